The summed E-state index contributed by atoms with van der Waals surface area (Å²) in [5.74, 6) is 0.821. The molecule has 0 fully saturated rings. The van der Waals surface area contributed by atoms with E-state index in [4.69, 9.17) is 4.74 Å². The Morgan fingerprint density at radius 2 is 1.88 bits per heavy atom. The molecular formula is C16H9FIN5O. The molecule has 0 unspecified atom stereocenters. The van der Waals surface area contributed by atoms with Crippen molar-refractivity contribution in [3.05, 3.63) is 64.2 Å². The third kappa shape index (κ3) is 2.80. The van der Waals surface area contributed by atoms with Crippen LogP contribution in [0.4, 0.5) is 4.39 Å². The fourth-order valence-corrected chi connectivity index (χ4v) is 2.50. The van der Waals surface area contributed by atoms with Gasteiger partial charge in [0.15, 0.2) is 11.5 Å². The molecule has 24 heavy (non-hydrogen) atoms. The van der Waals surface area contributed by atoms with Crippen molar-refractivity contribution < 1.29 is 9.13 Å². The second-order valence-corrected chi connectivity index (χ2v) is 5.97. The number of pyridine rings is 1. The first-order valence-corrected chi connectivity index (χ1v) is 8.05. The zero-order chi connectivity index (χ0) is 16.5. The van der Waals surface area contributed by atoms with Gasteiger partial charge in [-0.2, -0.15) is 4.52 Å². The molecule has 4 aromatic rings. The summed E-state index contributed by atoms with van der Waals surface area (Å²) in [7, 11) is 0. The summed E-state index contributed by atoms with van der Waals surface area (Å²) >= 11 is 2.11. The molecule has 1 aromatic carbocycles. The standard InChI is InChI=1S/C16H9FIN5O/c17-12-4-2-1-3-11(12)16-21-20-14-7-8-15(22-23(14)16)24-10-5-6-13(18)19-9-10/h1-9H. The van der Waals surface area contributed by atoms with Gasteiger partial charge in [0.25, 0.3) is 0 Å². The molecule has 0 spiro atoms. The molecule has 118 valence electrons. The Kier molecular flexibility index (Phi) is 3.81. The Morgan fingerprint density at radius 3 is 2.67 bits per heavy atom. The number of rotatable bonds is 3. The molecule has 0 saturated heterocycles. The molecule has 0 aliphatic rings. The van der Waals surface area contributed by atoms with E-state index in [1.54, 1.807) is 42.6 Å². The summed E-state index contributed by atoms with van der Waals surface area (Å²) in [4.78, 5) is 4.16. The Bertz CT molecular complexity index is 1020. The van der Waals surface area contributed by atoms with Crippen molar-refractivity contribution >= 4 is 28.2 Å². The molecule has 3 heterocycles. The van der Waals surface area contributed by atoms with Crippen molar-refractivity contribution in [3.8, 4) is 23.0 Å². The zero-order valence-corrected chi connectivity index (χ0v) is 14.3. The molecule has 3 aromatic heterocycles. The van der Waals surface area contributed by atoms with Gasteiger partial charge in [-0.15, -0.1) is 15.3 Å². The maximum atomic E-state index is 14.0. The first-order valence-electron chi connectivity index (χ1n) is 6.97. The van der Waals surface area contributed by atoms with Crippen LogP contribution >= 0.6 is 22.6 Å². The van der Waals surface area contributed by atoms with E-state index in [9.17, 15) is 4.39 Å². The number of aromatic nitrogens is 5. The summed E-state index contributed by atoms with van der Waals surface area (Å²) < 4.78 is 22.0. The summed E-state index contributed by atoms with van der Waals surface area (Å²) in [6.45, 7) is 0. The lowest BCUT2D eigenvalue weighted by atomic mass is 10.2. The molecule has 0 aliphatic heterocycles. The van der Waals surface area contributed by atoms with Crippen LogP contribution in [0.3, 0.4) is 0 Å². The Labute approximate surface area is 149 Å². The normalized spacial score (nSPS) is 10.9. The number of benzene rings is 1. The summed E-state index contributed by atoms with van der Waals surface area (Å²) in [5.41, 5.74) is 0.826. The van der Waals surface area contributed by atoms with Crippen LogP contribution in [0.15, 0.2) is 54.7 Å². The summed E-state index contributed by atoms with van der Waals surface area (Å²) in [6.07, 6.45) is 1.61. The van der Waals surface area contributed by atoms with Gasteiger partial charge >= 0.3 is 0 Å². The van der Waals surface area contributed by atoms with Gasteiger partial charge in [0, 0.05) is 6.07 Å². The van der Waals surface area contributed by atoms with Gasteiger partial charge < -0.3 is 4.74 Å². The van der Waals surface area contributed by atoms with Crippen LogP contribution in [0.2, 0.25) is 0 Å². The van der Waals surface area contributed by atoms with E-state index in [0.717, 1.165) is 3.70 Å². The van der Waals surface area contributed by atoms with E-state index in [1.165, 1.54) is 10.6 Å². The van der Waals surface area contributed by atoms with E-state index in [0.29, 0.717) is 28.7 Å². The summed E-state index contributed by atoms with van der Waals surface area (Å²) in [6, 6.07) is 13.4. The second-order valence-electron chi connectivity index (χ2n) is 4.86. The van der Waals surface area contributed by atoms with Gasteiger partial charge in [0.2, 0.25) is 5.88 Å². The SMILES string of the molecule is Fc1ccccc1-c1nnc2ccc(Oc3ccc(I)nc3)nn12. The lowest BCUT2D eigenvalue weighted by Crippen LogP contribution is -1.99. The monoisotopic (exact) mass is 433 g/mol. The van der Waals surface area contributed by atoms with Gasteiger partial charge in [0.05, 0.1) is 11.8 Å². The molecule has 0 radical (unpaired) electrons. The predicted molar refractivity (Wildman–Crippen MR) is 93.2 cm³/mol. The van der Waals surface area contributed by atoms with Gasteiger partial charge in [0.1, 0.15) is 15.3 Å². The smallest absolute Gasteiger partial charge is 0.237 e. The average molecular weight is 433 g/mol. The van der Waals surface area contributed by atoms with Crippen LogP contribution in [0.5, 0.6) is 11.6 Å². The minimum atomic E-state index is -0.387. The van der Waals surface area contributed by atoms with Crippen molar-refractivity contribution in [2.75, 3.05) is 0 Å². The Morgan fingerprint density at radius 1 is 1.00 bits per heavy atom. The Balaban J connectivity index is 1.76. The first-order chi connectivity index (χ1) is 11.7. The van der Waals surface area contributed by atoms with Crippen LogP contribution in [-0.4, -0.2) is 24.8 Å². The van der Waals surface area contributed by atoms with Crippen LogP contribution in [-0.2, 0) is 0 Å². The lowest BCUT2D eigenvalue weighted by molar-refractivity contribution is 0.450. The van der Waals surface area contributed by atoms with Crippen molar-refractivity contribution in [1.82, 2.24) is 24.8 Å². The molecule has 8 heteroatoms. The molecule has 0 N–H and O–H groups in total. The zero-order valence-electron chi connectivity index (χ0n) is 12.1. The topological polar surface area (TPSA) is 65.2 Å². The molecule has 0 bridgehead atoms. The summed E-state index contributed by atoms with van der Waals surface area (Å²) in [5, 5.41) is 12.4. The quantitative estimate of drug-likeness (QED) is 0.364. The molecule has 0 amide bonds. The molecule has 4 rings (SSSR count). The highest BCUT2D eigenvalue weighted by atomic mass is 127. The maximum Gasteiger partial charge on any atom is 0.237 e. The highest BCUT2D eigenvalue weighted by Crippen LogP contribution is 2.23. The third-order valence-electron chi connectivity index (χ3n) is 3.28. The van der Waals surface area contributed by atoms with E-state index in [1.807, 2.05) is 6.07 Å². The fraction of sp³-hybridized carbons (Fsp3) is 0. The van der Waals surface area contributed by atoms with Crippen LogP contribution in [0, 0.1) is 9.52 Å². The van der Waals surface area contributed by atoms with Crippen LogP contribution in [0.1, 0.15) is 0 Å². The predicted octanol–water partition coefficient (Wildman–Crippen LogP) is 3.72. The lowest BCUT2D eigenvalue weighted by Gasteiger charge is -2.05. The fourth-order valence-electron chi connectivity index (χ4n) is 2.18. The maximum absolute atomic E-state index is 14.0. The van der Waals surface area contributed by atoms with Gasteiger partial charge in [-0.05, 0) is 52.9 Å². The largest absolute Gasteiger partial charge is 0.436 e. The van der Waals surface area contributed by atoms with Crippen LogP contribution < -0.4 is 4.74 Å². The van der Waals surface area contributed by atoms with E-state index < -0.39 is 0 Å². The van der Waals surface area contributed by atoms with E-state index in [-0.39, 0.29) is 5.82 Å². The molecular weight excluding hydrogens is 424 g/mol. The van der Waals surface area contributed by atoms with Gasteiger partial charge in [-0.3, -0.25) is 0 Å². The highest BCUT2D eigenvalue weighted by molar-refractivity contribution is 14.1. The van der Waals surface area contributed by atoms with E-state index >= 15 is 0 Å². The number of ether oxygens (including phenoxy) is 1. The van der Waals surface area contributed by atoms with E-state index in [2.05, 4.69) is 42.9 Å². The van der Waals surface area contributed by atoms with Crippen molar-refractivity contribution in [2.45, 2.75) is 0 Å². The molecule has 6 nitrogen and oxygen atoms in total. The van der Waals surface area contributed by atoms with Crippen LogP contribution in [0.25, 0.3) is 17.0 Å². The minimum absolute atomic E-state index is 0.314. The number of fused-ring (bicyclic) bond motifs is 1. The number of hydrogen-bond acceptors (Lipinski definition) is 5. The van der Waals surface area contributed by atoms with Gasteiger partial charge in [-0.25, -0.2) is 9.37 Å². The highest BCUT2D eigenvalue weighted by Gasteiger charge is 2.14. The number of hydrogen-bond donors (Lipinski definition) is 0. The first kappa shape index (κ1) is 14.9. The average Bonchev–Trinajstić information content (AvgIpc) is 3.00. The molecule has 0 atom stereocenters. The number of nitrogens with zero attached hydrogens (tertiary/aromatic N) is 5. The van der Waals surface area contributed by atoms with Crippen molar-refractivity contribution in [2.24, 2.45) is 0 Å². The Hall–Kier alpha value is -2.62. The third-order valence-corrected chi connectivity index (χ3v) is 3.91. The molecule has 0 saturated carbocycles. The second kappa shape index (κ2) is 6.11. The minimum Gasteiger partial charge on any atom is -0.436 e. The molecule has 0 aliphatic carbocycles. The van der Waals surface area contributed by atoms with Gasteiger partial charge in [-0.1, -0.05) is 12.1 Å². The van der Waals surface area contributed by atoms with Crippen molar-refractivity contribution in [1.29, 1.82) is 0 Å². The van der Waals surface area contributed by atoms with Crippen molar-refractivity contribution in [3.63, 3.8) is 0 Å². The number of halogens is 2.